The van der Waals surface area contributed by atoms with E-state index < -0.39 is 26.0 Å². The van der Waals surface area contributed by atoms with E-state index in [4.69, 9.17) is 5.48 Å². The summed E-state index contributed by atoms with van der Waals surface area (Å²) in [5, 5.41) is 7.28. The van der Waals surface area contributed by atoms with Gasteiger partial charge in [0, 0.05) is 41.9 Å². The van der Waals surface area contributed by atoms with Gasteiger partial charge in [0.05, 0.1) is 0 Å². The van der Waals surface area contributed by atoms with Crippen molar-refractivity contribution in [3.8, 4) is 22.5 Å². The Morgan fingerprint density at radius 1 is 0.720 bits per heavy atom. The number of hydrogen-bond acceptors (Lipinski definition) is 3. The first kappa shape index (κ1) is 31.1. The van der Waals surface area contributed by atoms with E-state index in [2.05, 4.69) is 120 Å². The van der Waals surface area contributed by atoms with Crippen LogP contribution >= 0.6 is 11.3 Å². The number of aryl methyl sites for hydroxylation is 3. The number of pyridine rings is 2. The van der Waals surface area contributed by atoms with Crippen molar-refractivity contribution in [2.45, 2.75) is 57.7 Å². The molecule has 8 aromatic rings. The van der Waals surface area contributed by atoms with Gasteiger partial charge in [0.15, 0.2) is 0 Å². The normalized spacial score (nSPS) is 13.3. The summed E-state index contributed by atoms with van der Waals surface area (Å²) in [4.78, 5) is 9.16. The average molecular weight is 912 g/mol. The molecule has 0 amide bonds. The van der Waals surface area contributed by atoms with Crippen LogP contribution in [0.4, 0.5) is 0 Å². The largest absolute Gasteiger partial charge is 0.304 e. The molecule has 1 radical (unpaired) electrons. The summed E-state index contributed by atoms with van der Waals surface area (Å²) in [7, 11) is 0. The Morgan fingerprint density at radius 3 is 2.16 bits per heavy atom. The zero-order valence-electron chi connectivity index (χ0n) is 33.5. The smallest absolute Gasteiger partial charge is 0.0346 e. The van der Waals surface area contributed by atoms with Crippen LogP contribution in [-0.2, 0) is 20.1 Å². The Kier molecular flexibility index (Phi) is 9.03. The number of thiophene rings is 1. The van der Waals surface area contributed by atoms with Crippen molar-refractivity contribution >= 4 is 70.7 Å². The first-order valence-electron chi connectivity index (χ1n) is 18.7. The molecule has 0 aliphatic carbocycles. The molecule has 253 valence electrons. The topological polar surface area (TPSA) is 25.8 Å². The van der Waals surface area contributed by atoms with Gasteiger partial charge in [0.2, 0.25) is 0 Å². The summed E-state index contributed by atoms with van der Waals surface area (Å²) in [6, 6.07) is 37.7. The molecule has 0 bridgehead atoms. The fourth-order valence-electron chi connectivity index (χ4n) is 6.81. The third kappa shape index (κ3) is 6.84. The quantitative estimate of drug-likeness (QED) is 0.0999. The summed E-state index contributed by atoms with van der Waals surface area (Å²) < 4.78 is 36.2. The van der Waals surface area contributed by atoms with Gasteiger partial charge in [-0.3, -0.25) is 0 Å². The van der Waals surface area contributed by atoms with Gasteiger partial charge in [0.1, 0.15) is 0 Å². The maximum atomic E-state index is 8.60. The fraction of sp³-hybridized carbons (Fsp3) is 0.200. The zero-order chi connectivity index (χ0) is 37.9. The summed E-state index contributed by atoms with van der Waals surface area (Å²) in [5.74, 6) is 6.12. The molecule has 0 saturated heterocycles. The van der Waals surface area contributed by atoms with E-state index in [9.17, 15) is 0 Å². The Balaban J connectivity index is 0.000000233. The summed E-state index contributed by atoms with van der Waals surface area (Å²) in [6.07, 6.45) is 3.49. The van der Waals surface area contributed by atoms with E-state index in [-0.39, 0.29) is 25.7 Å². The van der Waals surface area contributed by atoms with E-state index in [1.807, 2.05) is 24.3 Å². The van der Waals surface area contributed by atoms with Gasteiger partial charge >= 0.3 is 106 Å². The van der Waals surface area contributed by atoms with Crippen LogP contribution in [0, 0.1) is 32.8 Å². The predicted octanol–water partition coefficient (Wildman–Crippen LogP) is 12.4. The minimum atomic E-state index is -2.33. The number of aromatic nitrogens is 2. The second-order valence-electron chi connectivity index (χ2n) is 14.0. The number of benzene rings is 5. The number of nitrogens with zero attached hydrogens (tertiary/aromatic N) is 2. The molecule has 2 nitrogen and oxygen atoms in total. The molecule has 0 spiro atoms. The number of fused-ring (bicyclic) bond motifs is 7. The number of hydrogen-bond donors (Lipinski definition) is 0. The van der Waals surface area contributed by atoms with E-state index in [0.717, 1.165) is 26.9 Å². The molecule has 0 atom stereocenters. The van der Waals surface area contributed by atoms with Gasteiger partial charge in [-0.15, -0.1) is 23.8 Å². The zero-order valence-corrected chi connectivity index (χ0v) is 34.8. The minimum absolute atomic E-state index is 0. The van der Waals surface area contributed by atoms with Gasteiger partial charge in [-0.1, -0.05) is 67.8 Å². The molecule has 0 aliphatic heterocycles. The second kappa shape index (κ2) is 14.5. The van der Waals surface area contributed by atoms with Gasteiger partial charge < -0.3 is 4.98 Å². The van der Waals surface area contributed by atoms with Crippen LogP contribution in [0.25, 0.3) is 64.2 Å². The molecule has 0 N–H and O–H groups in total. The fourth-order valence-corrected chi connectivity index (χ4v) is 11.8. The third-order valence-corrected chi connectivity index (χ3v) is 15.0. The maximum absolute atomic E-state index is 8.60. The van der Waals surface area contributed by atoms with Crippen molar-refractivity contribution in [2.24, 2.45) is 0 Å². The van der Waals surface area contributed by atoms with E-state index >= 15 is 0 Å². The minimum Gasteiger partial charge on any atom is -0.304 e. The summed E-state index contributed by atoms with van der Waals surface area (Å²) in [6.45, 7) is 5.45. The van der Waals surface area contributed by atoms with Crippen molar-refractivity contribution in [3.63, 3.8) is 0 Å². The molecular weight excluding hydrogens is 865 g/mol. The molecule has 50 heavy (non-hydrogen) atoms. The summed E-state index contributed by atoms with van der Waals surface area (Å²) >= 11 is -0.0454. The molecule has 0 saturated carbocycles. The van der Waals surface area contributed by atoms with Crippen LogP contribution in [-0.4, -0.2) is 23.2 Å². The predicted molar refractivity (Wildman–Crippen MR) is 216 cm³/mol. The van der Waals surface area contributed by atoms with Crippen LogP contribution < -0.4 is 4.40 Å². The third-order valence-electron chi connectivity index (χ3n) is 9.23. The first-order valence-corrected chi connectivity index (χ1v) is 24.8. The molecule has 3 heterocycles. The molecule has 5 aromatic carbocycles. The van der Waals surface area contributed by atoms with Crippen LogP contribution in [0.5, 0.6) is 0 Å². The van der Waals surface area contributed by atoms with Crippen molar-refractivity contribution in [2.75, 3.05) is 0 Å². The van der Waals surface area contributed by atoms with Crippen molar-refractivity contribution in [3.05, 3.63) is 138 Å². The Bertz CT molecular complexity index is 2660. The van der Waals surface area contributed by atoms with E-state index in [0.29, 0.717) is 11.3 Å². The standard InChI is InChI=1S/C30H24NS.C15H18GeN.Ir/c1-17(2)26-15-27(31-16-19(26)4)25-11-7-10-23-24-13-12-20-14-18(3)21-8-5-6-9-22(21)28(20)30(24)32-29(23)25;1-12-10-15(13-8-6-5-7-9-13)17-11-14(12)16(2,3)4;/h5-10,12-17H,1-4H3;5-8,10-11H,1-4H3;/q2*-1;/i4D3,17D;;. The molecule has 3 aromatic heterocycles. The Morgan fingerprint density at radius 2 is 1.46 bits per heavy atom. The van der Waals surface area contributed by atoms with Gasteiger partial charge in [0.25, 0.3) is 0 Å². The van der Waals surface area contributed by atoms with Gasteiger partial charge in [-0.2, -0.15) is 11.3 Å². The monoisotopic (exact) mass is 913 g/mol. The van der Waals surface area contributed by atoms with Crippen molar-refractivity contribution < 1.29 is 25.6 Å². The Hall–Kier alpha value is -3.67. The van der Waals surface area contributed by atoms with Crippen LogP contribution in [0.3, 0.4) is 0 Å². The summed E-state index contributed by atoms with van der Waals surface area (Å²) in [5.41, 5.74) is 6.80. The molecule has 0 fully saturated rings. The number of rotatable bonds is 4. The SMILES string of the molecule is Cc1cc(-c2[c-]cccc2)nc[c]1[Ge]([CH3])([CH3])[CH3].[2H]C([2H])([2H])c1cnc(-c2[c-]ccc3c2sc2c3ccc3cc(C)c4ccccc4c32)cc1C([2H])(C)C.[Ir]. The molecule has 5 heteroatoms. The van der Waals surface area contributed by atoms with Crippen LogP contribution in [0.2, 0.25) is 17.3 Å². The van der Waals surface area contributed by atoms with Crippen molar-refractivity contribution in [1.29, 1.82) is 0 Å². The molecule has 8 rings (SSSR count). The maximum Gasteiger partial charge on any atom is 0.0346 e. The molecule has 0 unspecified atom stereocenters. The van der Waals surface area contributed by atoms with Crippen LogP contribution in [0.15, 0.2) is 103 Å². The van der Waals surface area contributed by atoms with Gasteiger partial charge in [-0.25, -0.2) is 0 Å². The molecule has 0 aliphatic rings. The van der Waals surface area contributed by atoms with E-state index in [1.54, 1.807) is 31.3 Å². The molecular formula is C45H42GeIrN2S-2. The average Bonchev–Trinajstić information content (AvgIpc) is 3.50. The first-order chi connectivity index (χ1) is 25.0. The van der Waals surface area contributed by atoms with Gasteiger partial charge in [-0.05, 0) is 68.3 Å². The van der Waals surface area contributed by atoms with Crippen LogP contribution in [0.1, 0.15) is 47.5 Å². The Labute approximate surface area is 322 Å². The van der Waals surface area contributed by atoms with Crippen molar-refractivity contribution in [1.82, 2.24) is 9.97 Å². The van der Waals surface area contributed by atoms with E-state index in [1.165, 1.54) is 53.4 Å². The second-order valence-corrected chi connectivity index (χ2v) is 25.6.